The van der Waals surface area contributed by atoms with Crippen molar-refractivity contribution in [3.05, 3.63) is 70.3 Å². The number of hydrogen-bond acceptors (Lipinski definition) is 4. The third-order valence-corrected chi connectivity index (χ3v) is 6.55. The molecule has 10 heteroatoms. The highest BCUT2D eigenvalue weighted by molar-refractivity contribution is 7.92. The van der Waals surface area contributed by atoms with Crippen molar-refractivity contribution in [2.45, 2.75) is 38.6 Å². The van der Waals surface area contributed by atoms with E-state index in [4.69, 9.17) is 11.6 Å². The van der Waals surface area contributed by atoms with Crippen molar-refractivity contribution >= 4 is 38.9 Å². The Morgan fingerprint density at radius 2 is 1.84 bits per heavy atom. The van der Waals surface area contributed by atoms with Gasteiger partial charge in [-0.15, -0.1) is 0 Å². The molecular formula is C21H22ClFN4O3S. The number of nitrogens with one attached hydrogen (secondary N) is 2. The van der Waals surface area contributed by atoms with Gasteiger partial charge >= 0.3 is 0 Å². The predicted octanol–water partition coefficient (Wildman–Crippen LogP) is 4.60. The molecule has 0 fully saturated rings. The lowest BCUT2D eigenvalue weighted by atomic mass is 10.2. The normalized spacial score (nSPS) is 12.5. The number of benzene rings is 2. The van der Waals surface area contributed by atoms with Crippen LogP contribution in [-0.4, -0.2) is 24.1 Å². The van der Waals surface area contributed by atoms with Gasteiger partial charge in [-0.3, -0.25) is 14.2 Å². The van der Waals surface area contributed by atoms with Crippen LogP contribution in [0.1, 0.15) is 29.9 Å². The molecule has 1 aromatic heterocycles. The molecule has 1 unspecified atom stereocenters. The number of carbonyl (C=O) groups excluding carboxylic acids is 1. The third-order valence-electron chi connectivity index (χ3n) is 4.70. The van der Waals surface area contributed by atoms with Gasteiger partial charge in [0.05, 0.1) is 27.0 Å². The fourth-order valence-electron chi connectivity index (χ4n) is 3.19. The van der Waals surface area contributed by atoms with E-state index < -0.39 is 21.9 Å². The quantitative estimate of drug-likeness (QED) is 0.557. The second-order valence-electron chi connectivity index (χ2n) is 7.25. The Hall–Kier alpha value is -2.91. The molecule has 0 aliphatic heterocycles. The first-order chi connectivity index (χ1) is 14.5. The van der Waals surface area contributed by atoms with Crippen LogP contribution in [0.4, 0.5) is 15.8 Å². The summed E-state index contributed by atoms with van der Waals surface area (Å²) in [5, 5.41) is 7.20. The van der Waals surface area contributed by atoms with Crippen molar-refractivity contribution < 1.29 is 17.6 Å². The average molecular weight is 465 g/mol. The molecule has 0 radical (unpaired) electrons. The molecule has 0 saturated heterocycles. The monoisotopic (exact) mass is 464 g/mol. The first kappa shape index (κ1) is 22.8. The van der Waals surface area contributed by atoms with Crippen LogP contribution in [0.2, 0.25) is 5.02 Å². The third kappa shape index (κ3) is 5.05. The minimum absolute atomic E-state index is 0.0406. The highest BCUT2D eigenvalue weighted by atomic mass is 35.5. The Morgan fingerprint density at radius 1 is 1.13 bits per heavy atom. The van der Waals surface area contributed by atoms with E-state index in [0.29, 0.717) is 5.69 Å². The molecule has 31 heavy (non-hydrogen) atoms. The van der Waals surface area contributed by atoms with Gasteiger partial charge in [-0.25, -0.2) is 12.8 Å². The molecule has 1 heterocycles. The number of nitrogens with zero attached hydrogens (tertiary/aromatic N) is 2. The maximum absolute atomic E-state index is 13.3. The van der Waals surface area contributed by atoms with Gasteiger partial charge in [0, 0.05) is 5.69 Å². The number of aromatic nitrogens is 2. The molecule has 0 bridgehead atoms. The van der Waals surface area contributed by atoms with Crippen molar-refractivity contribution in [1.82, 2.24) is 9.78 Å². The molecule has 1 atom stereocenters. The zero-order valence-corrected chi connectivity index (χ0v) is 19.0. The predicted molar refractivity (Wildman–Crippen MR) is 118 cm³/mol. The van der Waals surface area contributed by atoms with E-state index in [-0.39, 0.29) is 27.1 Å². The van der Waals surface area contributed by atoms with Gasteiger partial charge in [0.2, 0.25) is 5.91 Å². The highest BCUT2D eigenvalue weighted by Gasteiger charge is 2.20. The first-order valence-electron chi connectivity index (χ1n) is 9.40. The van der Waals surface area contributed by atoms with E-state index in [9.17, 15) is 17.6 Å². The van der Waals surface area contributed by atoms with Gasteiger partial charge < -0.3 is 5.32 Å². The summed E-state index contributed by atoms with van der Waals surface area (Å²) in [6.45, 7) is 6.93. The Balaban J connectivity index is 1.77. The van der Waals surface area contributed by atoms with Crippen LogP contribution in [0, 0.1) is 26.6 Å². The van der Waals surface area contributed by atoms with Gasteiger partial charge in [-0.05, 0) is 75.7 Å². The Bertz CT molecular complexity index is 1260. The first-order valence-corrected chi connectivity index (χ1v) is 11.3. The van der Waals surface area contributed by atoms with Crippen LogP contribution in [0.25, 0.3) is 0 Å². The average Bonchev–Trinajstić information content (AvgIpc) is 3.00. The summed E-state index contributed by atoms with van der Waals surface area (Å²) in [5.41, 5.74) is 2.48. The Labute approximate surface area is 185 Å². The maximum atomic E-state index is 13.3. The maximum Gasteiger partial charge on any atom is 0.262 e. The number of rotatable bonds is 6. The Morgan fingerprint density at radius 3 is 2.42 bits per heavy atom. The van der Waals surface area contributed by atoms with E-state index in [0.717, 1.165) is 23.5 Å². The van der Waals surface area contributed by atoms with Crippen LogP contribution in [0.3, 0.4) is 0 Å². The van der Waals surface area contributed by atoms with Gasteiger partial charge in [-0.1, -0.05) is 11.6 Å². The van der Waals surface area contributed by atoms with Crippen LogP contribution in [0.15, 0.2) is 47.4 Å². The summed E-state index contributed by atoms with van der Waals surface area (Å²) in [5.74, 6) is -0.836. The van der Waals surface area contributed by atoms with Crippen molar-refractivity contribution in [2.24, 2.45) is 0 Å². The zero-order valence-electron chi connectivity index (χ0n) is 17.4. The van der Waals surface area contributed by atoms with E-state index in [1.165, 1.54) is 31.2 Å². The van der Waals surface area contributed by atoms with E-state index >= 15 is 0 Å². The standard InChI is InChI=1S/C21H22ClFN4O3S/c1-12-9-16(23)5-8-20(12)31(29,30)26-17-6-7-19(18(22)11-17)24-21(28)15(4)27-14(3)10-13(2)25-27/h5-11,15,26H,1-4H3,(H,24,28). The summed E-state index contributed by atoms with van der Waals surface area (Å²) in [7, 11) is -3.94. The van der Waals surface area contributed by atoms with E-state index in [2.05, 4.69) is 15.1 Å². The van der Waals surface area contributed by atoms with Crippen molar-refractivity contribution in [1.29, 1.82) is 0 Å². The molecule has 0 aliphatic rings. The smallest absolute Gasteiger partial charge is 0.262 e. The molecule has 0 saturated carbocycles. The molecule has 0 aliphatic carbocycles. The van der Waals surface area contributed by atoms with Gasteiger partial charge in [0.1, 0.15) is 11.9 Å². The second kappa shape index (κ2) is 8.68. The van der Waals surface area contributed by atoms with Gasteiger partial charge in [-0.2, -0.15) is 5.10 Å². The van der Waals surface area contributed by atoms with Gasteiger partial charge in [0.15, 0.2) is 0 Å². The lowest BCUT2D eigenvalue weighted by molar-refractivity contribution is -0.119. The topological polar surface area (TPSA) is 93.1 Å². The summed E-state index contributed by atoms with van der Waals surface area (Å²) in [4.78, 5) is 12.6. The number of amides is 1. The fraction of sp³-hybridized carbons (Fsp3) is 0.238. The Kier molecular flexibility index (Phi) is 6.38. The molecular weight excluding hydrogens is 443 g/mol. The van der Waals surface area contributed by atoms with Crippen LogP contribution in [-0.2, 0) is 14.8 Å². The van der Waals surface area contributed by atoms with E-state index in [1.807, 2.05) is 19.9 Å². The highest BCUT2D eigenvalue weighted by Crippen LogP contribution is 2.28. The molecule has 0 spiro atoms. The number of aryl methyl sites for hydroxylation is 3. The molecule has 3 rings (SSSR count). The SMILES string of the molecule is Cc1cc(C)n(C(C)C(=O)Nc2ccc(NS(=O)(=O)c3ccc(F)cc3C)cc2Cl)n1. The van der Waals surface area contributed by atoms with Gasteiger partial charge in [0.25, 0.3) is 10.0 Å². The van der Waals surface area contributed by atoms with Crippen LogP contribution < -0.4 is 10.0 Å². The fourth-order valence-corrected chi connectivity index (χ4v) is 4.70. The van der Waals surface area contributed by atoms with Crippen LogP contribution in [0.5, 0.6) is 0 Å². The number of anilines is 2. The summed E-state index contributed by atoms with van der Waals surface area (Å²) in [6, 6.07) is 9.10. The van der Waals surface area contributed by atoms with Crippen LogP contribution >= 0.6 is 11.6 Å². The lowest BCUT2D eigenvalue weighted by Crippen LogP contribution is -2.25. The minimum atomic E-state index is -3.94. The van der Waals surface area contributed by atoms with Crippen molar-refractivity contribution in [3.63, 3.8) is 0 Å². The van der Waals surface area contributed by atoms with Crippen molar-refractivity contribution in [3.8, 4) is 0 Å². The number of halogens is 2. The van der Waals surface area contributed by atoms with Crippen molar-refractivity contribution in [2.75, 3.05) is 10.0 Å². The second-order valence-corrected chi connectivity index (χ2v) is 9.30. The number of sulfonamides is 1. The van der Waals surface area contributed by atoms with E-state index in [1.54, 1.807) is 11.6 Å². The number of hydrogen-bond donors (Lipinski definition) is 2. The molecule has 3 aromatic rings. The zero-order chi connectivity index (χ0) is 22.9. The lowest BCUT2D eigenvalue weighted by Gasteiger charge is -2.16. The largest absolute Gasteiger partial charge is 0.323 e. The molecule has 7 nitrogen and oxygen atoms in total. The number of carbonyl (C=O) groups is 1. The summed E-state index contributed by atoms with van der Waals surface area (Å²) >= 11 is 6.26. The minimum Gasteiger partial charge on any atom is -0.323 e. The molecule has 2 N–H and O–H groups in total. The summed E-state index contributed by atoms with van der Waals surface area (Å²) < 4.78 is 42.6. The molecule has 164 valence electrons. The molecule has 1 amide bonds. The summed E-state index contributed by atoms with van der Waals surface area (Å²) in [6.07, 6.45) is 0. The molecule has 2 aromatic carbocycles.